The van der Waals surface area contributed by atoms with Gasteiger partial charge >= 0.3 is 0 Å². The van der Waals surface area contributed by atoms with Crippen LogP contribution in [0.5, 0.6) is 5.75 Å². The summed E-state index contributed by atoms with van der Waals surface area (Å²) in [5, 5.41) is 2.44. The quantitative estimate of drug-likeness (QED) is 0.718. The third-order valence-electron chi connectivity index (χ3n) is 4.38. The van der Waals surface area contributed by atoms with Crippen molar-refractivity contribution in [3.8, 4) is 5.75 Å². The number of nitrogens with zero attached hydrogens (tertiary/aromatic N) is 1. The molecule has 3 rings (SSSR count). The van der Waals surface area contributed by atoms with Gasteiger partial charge in [0.2, 0.25) is 5.09 Å². The van der Waals surface area contributed by atoms with E-state index in [-0.39, 0.29) is 23.5 Å². The zero-order valence-corrected chi connectivity index (χ0v) is 16.7. The normalized spacial score (nSPS) is 17.0. The van der Waals surface area contributed by atoms with Gasteiger partial charge in [-0.2, -0.15) is 0 Å². The molecule has 1 amide bonds. The van der Waals surface area contributed by atoms with E-state index in [0.29, 0.717) is 6.61 Å². The van der Waals surface area contributed by atoms with Gasteiger partial charge in [0.1, 0.15) is 12.4 Å². The fourth-order valence-corrected chi connectivity index (χ4v) is 3.49. The number of nitrogens with one attached hydrogen (secondary N) is 1. The van der Waals surface area contributed by atoms with Crippen LogP contribution in [0.1, 0.15) is 29.0 Å². The van der Waals surface area contributed by atoms with Gasteiger partial charge in [-0.3, -0.25) is 4.79 Å². The second kappa shape index (κ2) is 8.76. The summed E-state index contributed by atoms with van der Waals surface area (Å²) in [5.74, 6) is 0.200. The highest BCUT2D eigenvalue weighted by Gasteiger charge is 2.23. The van der Waals surface area contributed by atoms with Gasteiger partial charge in [-0.05, 0) is 42.7 Å². The largest absolute Gasteiger partial charge is 0.491 e. The van der Waals surface area contributed by atoms with E-state index in [1.807, 2.05) is 24.3 Å². The Kier molecular flexibility index (Phi) is 6.38. The summed E-state index contributed by atoms with van der Waals surface area (Å²) >= 11 is 0. The number of rotatable bonds is 8. The van der Waals surface area contributed by atoms with E-state index in [1.54, 1.807) is 0 Å². The fraction of sp³-hybridized carbons (Fsp3) is 0.421. The maximum atomic E-state index is 12.2. The van der Waals surface area contributed by atoms with Gasteiger partial charge in [0.25, 0.3) is 15.9 Å². The number of benzene rings is 1. The number of carbonyl (C=O) groups excluding carboxylic acids is 1. The SMILES string of the molecule is CN(C)S(=O)(=O)c1ccc(C(=O)NCc2ccc(OCC3CCCO3)cc2)o1. The average molecular weight is 408 g/mol. The minimum absolute atomic E-state index is 0.0584. The summed E-state index contributed by atoms with van der Waals surface area (Å²) in [6.45, 7) is 1.61. The summed E-state index contributed by atoms with van der Waals surface area (Å²) in [5.41, 5.74) is 0.880. The lowest BCUT2D eigenvalue weighted by Gasteiger charge is -2.12. The van der Waals surface area contributed by atoms with Crippen molar-refractivity contribution in [2.75, 3.05) is 27.3 Å². The molecular weight excluding hydrogens is 384 g/mol. The lowest BCUT2D eigenvalue weighted by molar-refractivity contribution is 0.0679. The maximum Gasteiger partial charge on any atom is 0.287 e. The van der Waals surface area contributed by atoms with Gasteiger partial charge in [-0.25, -0.2) is 12.7 Å². The van der Waals surface area contributed by atoms with E-state index in [1.165, 1.54) is 26.2 Å². The van der Waals surface area contributed by atoms with Gasteiger partial charge in [0, 0.05) is 27.2 Å². The number of ether oxygens (including phenoxy) is 2. The summed E-state index contributed by atoms with van der Waals surface area (Å²) in [6, 6.07) is 10.00. The standard InChI is InChI=1S/C19H24N2O6S/c1-21(2)28(23,24)18-10-9-17(27-18)19(22)20-12-14-5-7-15(8-6-14)26-13-16-4-3-11-25-16/h5-10,16H,3-4,11-13H2,1-2H3,(H,20,22). The van der Waals surface area contributed by atoms with Crippen LogP contribution in [0, 0.1) is 0 Å². The zero-order chi connectivity index (χ0) is 20.1. The summed E-state index contributed by atoms with van der Waals surface area (Å²) < 4.78 is 41.4. The first-order chi connectivity index (χ1) is 13.4. The molecule has 0 saturated carbocycles. The highest BCUT2D eigenvalue weighted by atomic mass is 32.2. The van der Waals surface area contributed by atoms with Crippen LogP contribution in [0.2, 0.25) is 0 Å². The van der Waals surface area contributed by atoms with Crippen molar-refractivity contribution in [3.05, 3.63) is 47.7 Å². The van der Waals surface area contributed by atoms with Gasteiger partial charge in [0.15, 0.2) is 5.76 Å². The van der Waals surface area contributed by atoms with Crippen molar-refractivity contribution in [2.24, 2.45) is 0 Å². The molecule has 9 heteroatoms. The first kappa shape index (κ1) is 20.4. The van der Waals surface area contributed by atoms with Crippen LogP contribution >= 0.6 is 0 Å². The first-order valence-electron chi connectivity index (χ1n) is 9.00. The topological polar surface area (TPSA) is 98.1 Å². The molecule has 1 aromatic carbocycles. The van der Waals surface area contributed by atoms with Crippen LogP contribution in [0.25, 0.3) is 0 Å². The molecule has 1 unspecified atom stereocenters. The van der Waals surface area contributed by atoms with Crippen LogP contribution in [0.4, 0.5) is 0 Å². The van der Waals surface area contributed by atoms with E-state index in [2.05, 4.69) is 5.32 Å². The third-order valence-corrected chi connectivity index (χ3v) is 6.07. The zero-order valence-electron chi connectivity index (χ0n) is 15.9. The molecule has 2 heterocycles. The van der Waals surface area contributed by atoms with E-state index < -0.39 is 15.9 Å². The molecule has 0 aliphatic carbocycles. The Hall–Kier alpha value is -2.36. The first-order valence-corrected chi connectivity index (χ1v) is 10.4. The molecule has 1 atom stereocenters. The molecule has 0 bridgehead atoms. The van der Waals surface area contributed by atoms with Crippen LogP contribution in [-0.2, 0) is 21.3 Å². The van der Waals surface area contributed by atoms with Crippen molar-refractivity contribution in [1.82, 2.24) is 9.62 Å². The molecule has 1 fully saturated rings. The van der Waals surface area contributed by atoms with Crippen molar-refractivity contribution >= 4 is 15.9 Å². The molecule has 1 N–H and O–H groups in total. The number of furan rings is 1. The highest BCUT2D eigenvalue weighted by molar-refractivity contribution is 7.88. The van der Waals surface area contributed by atoms with E-state index in [9.17, 15) is 13.2 Å². The fourth-order valence-electron chi connectivity index (χ4n) is 2.70. The molecule has 0 radical (unpaired) electrons. The minimum atomic E-state index is -3.71. The van der Waals surface area contributed by atoms with Crippen LogP contribution in [0.15, 0.2) is 45.9 Å². The lowest BCUT2D eigenvalue weighted by Crippen LogP contribution is -2.23. The highest BCUT2D eigenvalue weighted by Crippen LogP contribution is 2.18. The summed E-state index contributed by atoms with van der Waals surface area (Å²) in [7, 11) is -0.920. The second-order valence-corrected chi connectivity index (χ2v) is 8.76. The summed E-state index contributed by atoms with van der Waals surface area (Å²) in [4.78, 5) is 12.2. The summed E-state index contributed by atoms with van der Waals surface area (Å²) in [6.07, 6.45) is 2.26. The molecule has 8 nitrogen and oxygen atoms in total. The van der Waals surface area contributed by atoms with E-state index in [4.69, 9.17) is 13.9 Å². The molecule has 1 aromatic heterocycles. The van der Waals surface area contributed by atoms with Gasteiger partial charge in [-0.15, -0.1) is 0 Å². The van der Waals surface area contributed by atoms with Crippen molar-refractivity contribution < 1.29 is 27.1 Å². The Labute approximate surface area is 164 Å². The number of hydrogen-bond acceptors (Lipinski definition) is 6. The number of amides is 1. The van der Waals surface area contributed by atoms with Gasteiger partial charge < -0.3 is 19.2 Å². The van der Waals surface area contributed by atoms with Crippen molar-refractivity contribution in [2.45, 2.75) is 30.6 Å². The van der Waals surface area contributed by atoms with Crippen LogP contribution in [0.3, 0.4) is 0 Å². The predicted octanol–water partition coefficient (Wildman–Crippen LogP) is 2.02. The van der Waals surface area contributed by atoms with Gasteiger partial charge in [-0.1, -0.05) is 12.1 Å². The molecule has 2 aromatic rings. The monoisotopic (exact) mass is 408 g/mol. The Balaban J connectivity index is 1.51. The lowest BCUT2D eigenvalue weighted by atomic mass is 10.2. The smallest absolute Gasteiger partial charge is 0.287 e. The molecule has 1 saturated heterocycles. The van der Waals surface area contributed by atoms with E-state index in [0.717, 1.165) is 35.1 Å². The number of sulfonamides is 1. The Morgan fingerprint density at radius 1 is 1.21 bits per heavy atom. The van der Waals surface area contributed by atoms with Gasteiger partial charge in [0.05, 0.1) is 6.10 Å². The van der Waals surface area contributed by atoms with Crippen molar-refractivity contribution in [3.63, 3.8) is 0 Å². The molecule has 1 aliphatic rings. The number of carbonyl (C=O) groups is 1. The second-order valence-electron chi connectivity index (χ2n) is 6.68. The maximum absolute atomic E-state index is 12.2. The third kappa shape index (κ3) is 4.92. The van der Waals surface area contributed by atoms with E-state index >= 15 is 0 Å². The molecule has 0 spiro atoms. The number of hydrogen-bond donors (Lipinski definition) is 1. The predicted molar refractivity (Wildman–Crippen MR) is 102 cm³/mol. The minimum Gasteiger partial charge on any atom is -0.491 e. The molecule has 1 aliphatic heterocycles. The molecule has 28 heavy (non-hydrogen) atoms. The molecule has 152 valence electrons. The Bertz CT molecular complexity index is 899. The average Bonchev–Trinajstić information content (AvgIpc) is 3.37. The van der Waals surface area contributed by atoms with Crippen LogP contribution in [-0.4, -0.2) is 52.0 Å². The Morgan fingerprint density at radius 3 is 2.61 bits per heavy atom. The Morgan fingerprint density at radius 2 is 1.96 bits per heavy atom. The van der Waals surface area contributed by atoms with Crippen LogP contribution < -0.4 is 10.1 Å². The van der Waals surface area contributed by atoms with Crippen molar-refractivity contribution in [1.29, 1.82) is 0 Å². The molecular formula is C19H24N2O6S.